The summed E-state index contributed by atoms with van der Waals surface area (Å²) >= 11 is 0. The van der Waals surface area contributed by atoms with Gasteiger partial charge in [0.2, 0.25) is 0 Å². The average Bonchev–Trinajstić information content (AvgIpc) is 3.06. The van der Waals surface area contributed by atoms with Crippen molar-refractivity contribution < 1.29 is 10.2 Å². The Hall–Kier alpha value is -0.340. The molecule has 3 saturated carbocycles. The summed E-state index contributed by atoms with van der Waals surface area (Å²) in [7, 11) is 0. The van der Waals surface area contributed by atoms with Gasteiger partial charge < -0.3 is 10.2 Å². The number of rotatable bonds is 1. The van der Waals surface area contributed by atoms with E-state index in [1.165, 1.54) is 51.4 Å². The van der Waals surface area contributed by atoms with E-state index >= 15 is 0 Å². The fraction of sp³-hybridized carbons (Fsp3) is 0.933. The van der Waals surface area contributed by atoms with E-state index in [2.05, 4.69) is 55.4 Å². The molecule has 5 aliphatic rings. The Labute approximate surface area is 197 Å². The molecule has 0 aromatic heterocycles. The molecule has 0 saturated heterocycles. The molecule has 3 fully saturated rings. The van der Waals surface area contributed by atoms with Crippen molar-refractivity contribution in [3.63, 3.8) is 0 Å². The highest BCUT2D eigenvalue weighted by atomic mass is 16.3. The minimum atomic E-state index is -0.603. The summed E-state index contributed by atoms with van der Waals surface area (Å²) in [6.45, 7) is 19.8. The van der Waals surface area contributed by atoms with Crippen LogP contribution in [0.2, 0.25) is 0 Å². The molecule has 5 aliphatic carbocycles. The van der Waals surface area contributed by atoms with Gasteiger partial charge in [0.05, 0.1) is 12.2 Å². The molecule has 0 aromatic carbocycles. The van der Waals surface area contributed by atoms with Crippen LogP contribution in [-0.2, 0) is 0 Å². The summed E-state index contributed by atoms with van der Waals surface area (Å²) in [5.74, 6) is 2.98. The molecular formula is C30H50O2. The predicted octanol–water partition coefficient (Wildman–Crippen LogP) is 7.14. The highest BCUT2D eigenvalue weighted by Gasteiger charge is 2.67. The number of hydrogen-bond acceptors (Lipinski definition) is 2. The second-order valence-electron chi connectivity index (χ2n) is 14.7. The van der Waals surface area contributed by atoms with Gasteiger partial charge in [-0.05, 0) is 109 Å². The normalized spacial score (nSPS) is 54.7. The number of aliphatic hydroxyl groups is 2. The zero-order valence-corrected chi connectivity index (χ0v) is 22.2. The van der Waals surface area contributed by atoms with E-state index in [1.54, 1.807) is 11.1 Å². The summed E-state index contributed by atoms with van der Waals surface area (Å²) in [5, 5.41) is 21.8. The van der Waals surface area contributed by atoms with Gasteiger partial charge in [0.15, 0.2) is 0 Å². The van der Waals surface area contributed by atoms with Crippen LogP contribution in [0.5, 0.6) is 0 Å². The Bertz CT molecular complexity index is 825. The largest absolute Gasteiger partial charge is 0.390 e. The lowest BCUT2D eigenvalue weighted by Crippen LogP contribution is -2.61. The van der Waals surface area contributed by atoms with Crippen molar-refractivity contribution in [3.8, 4) is 0 Å². The molecule has 0 radical (unpaired) electrons. The summed E-state index contributed by atoms with van der Waals surface area (Å²) in [5.41, 5.74) is 4.51. The molecule has 32 heavy (non-hydrogen) atoms. The minimum Gasteiger partial charge on any atom is -0.390 e. The lowest BCUT2D eigenvalue weighted by molar-refractivity contribution is -0.163. The topological polar surface area (TPSA) is 40.5 Å². The van der Waals surface area contributed by atoms with Crippen LogP contribution in [-0.4, -0.2) is 22.4 Å². The van der Waals surface area contributed by atoms with Crippen molar-refractivity contribution in [3.05, 3.63) is 11.1 Å². The first-order valence-corrected chi connectivity index (χ1v) is 13.8. The van der Waals surface area contributed by atoms with E-state index in [9.17, 15) is 10.2 Å². The molecule has 0 spiro atoms. The zero-order chi connectivity index (χ0) is 23.5. The molecule has 182 valence electrons. The zero-order valence-electron chi connectivity index (χ0n) is 22.2. The van der Waals surface area contributed by atoms with Gasteiger partial charge in [0.25, 0.3) is 0 Å². The van der Waals surface area contributed by atoms with E-state index in [1.807, 2.05) is 0 Å². The third-order valence-electron chi connectivity index (χ3n) is 13.1. The Morgan fingerprint density at radius 3 is 2.12 bits per heavy atom. The molecule has 9 atom stereocenters. The molecule has 0 aromatic rings. The van der Waals surface area contributed by atoms with Crippen LogP contribution in [0.3, 0.4) is 0 Å². The van der Waals surface area contributed by atoms with E-state index < -0.39 is 12.2 Å². The Balaban J connectivity index is 1.58. The second kappa shape index (κ2) is 6.87. The van der Waals surface area contributed by atoms with Crippen LogP contribution in [0.1, 0.15) is 113 Å². The van der Waals surface area contributed by atoms with Gasteiger partial charge in [-0.25, -0.2) is 0 Å². The monoisotopic (exact) mass is 442 g/mol. The van der Waals surface area contributed by atoms with Crippen LogP contribution in [0.15, 0.2) is 11.1 Å². The van der Waals surface area contributed by atoms with Crippen LogP contribution >= 0.6 is 0 Å². The van der Waals surface area contributed by atoms with E-state index in [0.717, 1.165) is 24.2 Å². The molecule has 0 unspecified atom stereocenters. The summed E-state index contributed by atoms with van der Waals surface area (Å²) < 4.78 is 0. The smallest absolute Gasteiger partial charge is 0.0853 e. The van der Waals surface area contributed by atoms with Crippen molar-refractivity contribution in [2.45, 2.75) is 125 Å². The molecule has 2 nitrogen and oxygen atoms in total. The fourth-order valence-electron chi connectivity index (χ4n) is 11.3. The summed E-state index contributed by atoms with van der Waals surface area (Å²) in [6.07, 6.45) is 10.0. The third kappa shape index (κ3) is 2.61. The van der Waals surface area contributed by atoms with Crippen molar-refractivity contribution >= 4 is 0 Å². The van der Waals surface area contributed by atoms with Gasteiger partial charge in [-0.15, -0.1) is 0 Å². The van der Waals surface area contributed by atoms with Crippen molar-refractivity contribution in [2.24, 2.45) is 50.7 Å². The lowest BCUT2D eigenvalue weighted by atomic mass is 9.37. The Morgan fingerprint density at radius 1 is 0.781 bits per heavy atom. The number of aliphatic hydroxyl groups excluding tert-OH is 2. The van der Waals surface area contributed by atoms with Gasteiger partial charge in [-0.3, -0.25) is 0 Å². The lowest BCUT2D eigenvalue weighted by Gasteiger charge is -2.67. The minimum absolute atomic E-state index is 0.0387. The van der Waals surface area contributed by atoms with Gasteiger partial charge >= 0.3 is 0 Å². The van der Waals surface area contributed by atoms with Crippen LogP contribution in [0.25, 0.3) is 0 Å². The molecule has 5 rings (SSSR count). The maximum atomic E-state index is 10.9. The standard InChI is InChI=1S/C30H50O2/c1-18(2)19-9-12-24-27(19,5)15-16-29(7)21-10-11-23-26(3,4)25(32)22(31)17-28(23,6)20(21)13-14-30(24,29)8/h18-19,22-25,31-32H,9-17H2,1-8H3/t19-,22-,23+,24-,25+,27-,28-,29-,30+/m1/s1. The van der Waals surface area contributed by atoms with Gasteiger partial charge in [0.1, 0.15) is 0 Å². The van der Waals surface area contributed by atoms with Crippen molar-refractivity contribution in [1.82, 2.24) is 0 Å². The number of fused-ring (bicyclic) bond motifs is 6. The summed E-state index contributed by atoms with van der Waals surface area (Å²) in [6, 6.07) is 0. The van der Waals surface area contributed by atoms with Gasteiger partial charge in [-0.2, -0.15) is 0 Å². The second-order valence-corrected chi connectivity index (χ2v) is 14.7. The molecular weight excluding hydrogens is 392 g/mol. The molecule has 0 heterocycles. The number of allylic oxidation sites excluding steroid dienone is 2. The third-order valence-corrected chi connectivity index (χ3v) is 13.1. The van der Waals surface area contributed by atoms with Crippen molar-refractivity contribution in [1.29, 1.82) is 0 Å². The predicted molar refractivity (Wildman–Crippen MR) is 132 cm³/mol. The first-order chi connectivity index (χ1) is 14.7. The maximum Gasteiger partial charge on any atom is 0.0853 e. The van der Waals surface area contributed by atoms with E-state index in [4.69, 9.17) is 0 Å². The molecule has 2 heteroatoms. The molecule has 0 amide bonds. The fourth-order valence-corrected chi connectivity index (χ4v) is 11.3. The Kier molecular flexibility index (Phi) is 5.02. The van der Waals surface area contributed by atoms with Crippen molar-refractivity contribution in [2.75, 3.05) is 0 Å². The molecule has 2 N–H and O–H groups in total. The van der Waals surface area contributed by atoms with Crippen LogP contribution < -0.4 is 0 Å². The molecule has 0 aliphatic heterocycles. The highest BCUT2D eigenvalue weighted by Crippen LogP contribution is 2.75. The van der Waals surface area contributed by atoms with E-state index in [-0.39, 0.29) is 10.8 Å². The summed E-state index contributed by atoms with van der Waals surface area (Å²) in [4.78, 5) is 0. The van der Waals surface area contributed by atoms with Gasteiger partial charge in [-0.1, -0.05) is 66.5 Å². The maximum absolute atomic E-state index is 10.9. The first-order valence-electron chi connectivity index (χ1n) is 13.8. The highest BCUT2D eigenvalue weighted by molar-refractivity contribution is 5.39. The quantitative estimate of drug-likeness (QED) is 0.424. The SMILES string of the molecule is CC(C)[C@H]1CC[C@@H]2[C@]1(C)CC[C@]1(C)C3=C(CC[C@@]21C)[C@@]1(C)C[C@@H](O)[C@H](O)C(C)(C)[C@@H]1CC3. The van der Waals surface area contributed by atoms with Gasteiger partial charge in [0, 0.05) is 0 Å². The van der Waals surface area contributed by atoms with Crippen LogP contribution in [0.4, 0.5) is 0 Å². The van der Waals surface area contributed by atoms with E-state index in [0.29, 0.717) is 22.2 Å². The first kappa shape index (κ1) is 23.4. The number of hydrogen-bond donors (Lipinski definition) is 2. The van der Waals surface area contributed by atoms with Crippen LogP contribution in [0, 0.1) is 50.7 Å². The average molecular weight is 443 g/mol. The Morgan fingerprint density at radius 2 is 1.47 bits per heavy atom. The molecule has 0 bridgehead atoms.